The molecule has 0 heterocycles. The number of benzene rings is 1. The first-order valence-electron chi connectivity index (χ1n) is 6.38. The summed E-state index contributed by atoms with van der Waals surface area (Å²) in [5.41, 5.74) is -0.599. The van der Waals surface area contributed by atoms with Crippen LogP contribution in [-0.2, 0) is 4.79 Å². The van der Waals surface area contributed by atoms with Crippen LogP contribution >= 0.6 is 11.6 Å². The van der Waals surface area contributed by atoms with Gasteiger partial charge < -0.3 is 10.4 Å². The van der Waals surface area contributed by atoms with E-state index in [4.69, 9.17) is 16.7 Å². The van der Waals surface area contributed by atoms with Crippen LogP contribution in [0, 0.1) is 11.2 Å². The largest absolute Gasteiger partial charge is 0.481 e. The van der Waals surface area contributed by atoms with Gasteiger partial charge in [-0.05, 0) is 30.4 Å². The minimum Gasteiger partial charge on any atom is -0.481 e. The fraction of sp³-hybridized carbons (Fsp3) is 0.429. The van der Waals surface area contributed by atoms with Crippen LogP contribution in [0.2, 0.25) is 5.02 Å². The average molecular weight is 300 g/mol. The SMILES string of the molecule is O=C(O)CC1(CNC(=O)c2c(F)cccc2Cl)CCC1. The van der Waals surface area contributed by atoms with Crippen LogP contribution in [-0.4, -0.2) is 23.5 Å². The summed E-state index contributed by atoms with van der Waals surface area (Å²) in [4.78, 5) is 22.8. The van der Waals surface area contributed by atoms with Crippen LogP contribution in [0.4, 0.5) is 4.39 Å². The summed E-state index contributed by atoms with van der Waals surface area (Å²) >= 11 is 5.81. The smallest absolute Gasteiger partial charge is 0.303 e. The highest BCUT2D eigenvalue weighted by atomic mass is 35.5. The highest BCUT2D eigenvalue weighted by molar-refractivity contribution is 6.33. The molecule has 0 spiro atoms. The summed E-state index contributed by atoms with van der Waals surface area (Å²) in [6.07, 6.45) is 2.47. The zero-order chi connectivity index (χ0) is 14.8. The first-order chi connectivity index (χ1) is 9.43. The Bertz CT molecular complexity index is 523. The van der Waals surface area contributed by atoms with Gasteiger partial charge in [0.1, 0.15) is 5.82 Å². The van der Waals surface area contributed by atoms with E-state index in [1.807, 2.05) is 0 Å². The van der Waals surface area contributed by atoms with Gasteiger partial charge in [0.25, 0.3) is 5.91 Å². The van der Waals surface area contributed by atoms with Crippen LogP contribution in [0.5, 0.6) is 0 Å². The predicted molar refractivity (Wildman–Crippen MR) is 72.3 cm³/mol. The van der Waals surface area contributed by atoms with E-state index in [1.165, 1.54) is 12.1 Å². The Morgan fingerprint density at radius 3 is 2.60 bits per heavy atom. The Labute approximate surface area is 120 Å². The molecule has 2 N–H and O–H groups in total. The molecule has 1 aliphatic carbocycles. The van der Waals surface area contributed by atoms with Crippen LogP contribution in [0.15, 0.2) is 18.2 Å². The van der Waals surface area contributed by atoms with Crippen molar-refractivity contribution in [3.05, 3.63) is 34.6 Å². The number of hydrogen-bond acceptors (Lipinski definition) is 2. The van der Waals surface area contributed by atoms with E-state index in [0.717, 1.165) is 25.3 Å². The van der Waals surface area contributed by atoms with E-state index >= 15 is 0 Å². The summed E-state index contributed by atoms with van der Waals surface area (Å²) in [5.74, 6) is -2.18. The van der Waals surface area contributed by atoms with Crippen molar-refractivity contribution in [2.75, 3.05) is 6.54 Å². The van der Waals surface area contributed by atoms with Gasteiger partial charge in [0, 0.05) is 6.54 Å². The van der Waals surface area contributed by atoms with E-state index < -0.39 is 23.1 Å². The maximum Gasteiger partial charge on any atom is 0.303 e. The van der Waals surface area contributed by atoms with E-state index in [1.54, 1.807) is 0 Å². The summed E-state index contributed by atoms with van der Waals surface area (Å²) < 4.78 is 13.6. The Kier molecular flexibility index (Phi) is 4.28. The lowest BCUT2D eigenvalue weighted by molar-refractivity contribution is -0.141. The molecule has 1 amide bonds. The number of rotatable bonds is 5. The summed E-state index contributed by atoms with van der Waals surface area (Å²) in [5, 5.41) is 11.5. The highest BCUT2D eigenvalue weighted by Crippen LogP contribution is 2.43. The zero-order valence-electron chi connectivity index (χ0n) is 10.8. The number of carbonyl (C=O) groups is 2. The van der Waals surface area contributed by atoms with Gasteiger partial charge in [-0.2, -0.15) is 0 Å². The Balaban J connectivity index is 2.03. The standard InChI is InChI=1S/C14H15ClFNO3/c15-9-3-1-4-10(16)12(9)13(20)17-8-14(5-2-6-14)7-11(18)19/h1,3-4H,2,5-8H2,(H,17,20)(H,18,19). The summed E-state index contributed by atoms with van der Waals surface area (Å²) in [6.45, 7) is 0.225. The fourth-order valence-corrected chi connectivity index (χ4v) is 2.73. The molecule has 1 aliphatic rings. The number of nitrogens with one attached hydrogen (secondary N) is 1. The molecule has 1 fully saturated rings. The molecule has 6 heteroatoms. The van der Waals surface area contributed by atoms with Crippen LogP contribution in [0.25, 0.3) is 0 Å². The molecule has 4 nitrogen and oxygen atoms in total. The summed E-state index contributed by atoms with van der Waals surface area (Å²) in [7, 11) is 0. The minimum absolute atomic E-state index is 0.0122. The molecule has 0 aromatic heterocycles. The number of halogens is 2. The van der Waals surface area contributed by atoms with Gasteiger partial charge in [0.2, 0.25) is 0 Å². The first-order valence-corrected chi connectivity index (χ1v) is 6.75. The monoisotopic (exact) mass is 299 g/mol. The van der Waals surface area contributed by atoms with Gasteiger partial charge in [-0.25, -0.2) is 4.39 Å². The second kappa shape index (κ2) is 5.79. The lowest BCUT2D eigenvalue weighted by Gasteiger charge is -2.40. The molecular formula is C14H15ClFNO3. The Hall–Kier alpha value is -1.62. The molecule has 0 bridgehead atoms. The third-order valence-corrected chi connectivity index (χ3v) is 4.07. The van der Waals surface area contributed by atoms with Crippen LogP contribution in [0.3, 0.4) is 0 Å². The number of hydrogen-bond donors (Lipinski definition) is 2. The van der Waals surface area contributed by atoms with Crippen LogP contribution < -0.4 is 5.32 Å². The number of amides is 1. The van der Waals surface area contributed by atoms with Crippen molar-refractivity contribution in [3.8, 4) is 0 Å². The maximum atomic E-state index is 13.6. The van der Waals surface area contributed by atoms with Gasteiger partial charge in [-0.3, -0.25) is 9.59 Å². The molecule has 1 saturated carbocycles. The molecule has 0 unspecified atom stereocenters. The fourth-order valence-electron chi connectivity index (χ4n) is 2.48. The lowest BCUT2D eigenvalue weighted by Crippen LogP contribution is -2.43. The Morgan fingerprint density at radius 1 is 1.40 bits per heavy atom. The van der Waals surface area contributed by atoms with Crippen LogP contribution in [0.1, 0.15) is 36.0 Å². The van der Waals surface area contributed by atoms with Gasteiger partial charge in [-0.15, -0.1) is 0 Å². The molecule has 0 saturated heterocycles. The number of aliphatic carboxylic acids is 1. The predicted octanol–water partition coefficient (Wildman–Crippen LogP) is 2.85. The van der Waals surface area contributed by atoms with Gasteiger partial charge in [0.05, 0.1) is 17.0 Å². The molecule has 20 heavy (non-hydrogen) atoms. The van der Waals surface area contributed by atoms with Crippen molar-refractivity contribution in [1.82, 2.24) is 5.32 Å². The maximum absolute atomic E-state index is 13.6. The number of carbonyl (C=O) groups excluding carboxylic acids is 1. The molecule has 0 atom stereocenters. The topological polar surface area (TPSA) is 66.4 Å². The lowest BCUT2D eigenvalue weighted by atomic mass is 9.66. The molecule has 1 aromatic carbocycles. The van der Waals surface area contributed by atoms with Gasteiger partial charge in [-0.1, -0.05) is 24.1 Å². The highest BCUT2D eigenvalue weighted by Gasteiger charge is 2.39. The number of carboxylic acids is 1. The van der Waals surface area contributed by atoms with Crippen molar-refractivity contribution in [2.24, 2.45) is 5.41 Å². The first kappa shape index (κ1) is 14.8. The third-order valence-electron chi connectivity index (χ3n) is 3.75. The molecule has 0 radical (unpaired) electrons. The van der Waals surface area contributed by atoms with Crippen molar-refractivity contribution in [1.29, 1.82) is 0 Å². The molecular weight excluding hydrogens is 285 g/mol. The van der Waals surface area contributed by atoms with Crippen molar-refractivity contribution in [3.63, 3.8) is 0 Å². The molecule has 1 aromatic rings. The van der Waals surface area contributed by atoms with E-state index in [0.29, 0.717) is 0 Å². The minimum atomic E-state index is -0.886. The second-order valence-corrected chi connectivity index (χ2v) is 5.61. The van der Waals surface area contributed by atoms with Gasteiger partial charge in [0.15, 0.2) is 0 Å². The summed E-state index contributed by atoms with van der Waals surface area (Å²) in [6, 6.07) is 4.03. The number of carboxylic acid groups (broad SMARTS) is 1. The second-order valence-electron chi connectivity index (χ2n) is 5.20. The quantitative estimate of drug-likeness (QED) is 0.878. The normalized spacial score (nSPS) is 16.3. The molecule has 108 valence electrons. The van der Waals surface area contributed by atoms with Crippen molar-refractivity contribution < 1.29 is 19.1 Å². The van der Waals surface area contributed by atoms with Crippen molar-refractivity contribution in [2.45, 2.75) is 25.7 Å². The average Bonchev–Trinajstić information content (AvgIpc) is 2.31. The van der Waals surface area contributed by atoms with Gasteiger partial charge >= 0.3 is 5.97 Å². The third kappa shape index (κ3) is 3.10. The Morgan fingerprint density at radius 2 is 2.10 bits per heavy atom. The van der Waals surface area contributed by atoms with E-state index in [-0.39, 0.29) is 23.6 Å². The van der Waals surface area contributed by atoms with E-state index in [9.17, 15) is 14.0 Å². The zero-order valence-corrected chi connectivity index (χ0v) is 11.5. The van der Waals surface area contributed by atoms with Crippen molar-refractivity contribution >= 4 is 23.5 Å². The molecule has 0 aliphatic heterocycles. The van der Waals surface area contributed by atoms with E-state index in [2.05, 4.69) is 5.32 Å². The molecule has 2 rings (SSSR count).